The number of piperidine rings is 1. The van der Waals surface area contributed by atoms with Gasteiger partial charge in [0.25, 0.3) is 0 Å². The van der Waals surface area contributed by atoms with Crippen molar-refractivity contribution in [2.24, 2.45) is 0 Å². The van der Waals surface area contributed by atoms with Crippen molar-refractivity contribution in [2.75, 3.05) is 13.2 Å². The van der Waals surface area contributed by atoms with Crippen molar-refractivity contribution in [1.82, 2.24) is 5.06 Å². The maximum atomic E-state index is 9.83. The maximum absolute atomic E-state index is 9.83. The van der Waals surface area contributed by atoms with Crippen LogP contribution in [-0.2, 0) is 4.84 Å². The van der Waals surface area contributed by atoms with Crippen molar-refractivity contribution < 1.29 is 15.1 Å². The number of hydrogen-bond acceptors (Lipinski definition) is 4. The van der Waals surface area contributed by atoms with Crippen LogP contribution in [0, 0.1) is 0 Å². The number of aliphatic hydroxyl groups excluding tert-OH is 2. The van der Waals surface area contributed by atoms with Gasteiger partial charge in [0.15, 0.2) is 0 Å². The van der Waals surface area contributed by atoms with Gasteiger partial charge in [0.05, 0.1) is 24.3 Å². The van der Waals surface area contributed by atoms with Crippen LogP contribution in [0.1, 0.15) is 51.7 Å². The Balaban J connectivity index is 2.23. The molecule has 4 heteroatoms. The Labute approximate surface area is 127 Å². The molecule has 1 saturated heterocycles. The molecule has 0 amide bonds. The SMILES string of the molecule is CC(ON1C(C)(CO)CCCC1(C)CO)c1ccccc1. The van der Waals surface area contributed by atoms with Crippen LogP contribution in [0.2, 0.25) is 0 Å². The quantitative estimate of drug-likeness (QED) is 0.876. The van der Waals surface area contributed by atoms with Crippen molar-refractivity contribution in [3.63, 3.8) is 0 Å². The van der Waals surface area contributed by atoms with E-state index in [0.29, 0.717) is 0 Å². The summed E-state index contributed by atoms with van der Waals surface area (Å²) in [7, 11) is 0. The number of hydrogen-bond donors (Lipinski definition) is 2. The fraction of sp³-hybridized carbons (Fsp3) is 0.647. The second-order valence-electron chi connectivity index (χ2n) is 6.62. The topological polar surface area (TPSA) is 52.9 Å². The van der Waals surface area contributed by atoms with Crippen molar-refractivity contribution in [3.05, 3.63) is 35.9 Å². The molecule has 0 aromatic heterocycles. The van der Waals surface area contributed by atoms with Gasteiger partial charge >= 0.3 is 0 Å². The molecule has 0 radical (unpaired) electrons. The maximum Gasteiger partial charge on any atom is 0.102 e. The summed E-state index contributed by atoms with van der Waals surface area (Å²) in [4.78, 5) is 6.20. The minimum Gasteiger partial charge on any atom is -0.394 e. The lowest BCUT2D eigenvalue weighted by Gasteiger charge is -2.53. The van der Waals surface area contributed by atoms with E-state index >= 15 is 0 Å². The molecule has 1 aliphatic heterocycles. The molecule has 3 unspecified atom stereocenters. The molecule has 1 fully saturated rings. The first-order valence-electron chi connectivity index (χ1n) is 7.69. The molecule has 0 saturated carbocycles. The minimum atomic E-state index is -0.460. The third-order valence-electron chi connectivity index (χ3n) is 4.63. The first-order valence-corrected chi connectivity index (χ1v) is 7.69. The molecule has 0 aliphatic carbocycles. The molecule has 2 N–H and O–H groups in total. The Kier molecular flexibility index (Phi) is 5.04. The molecular weight excluding hydrogens is 266 g/mol. The lowest BCUT2D eigenvalue weighted by Crippen LogP contribution is -2.64. The Morgan fingerprint density at radius 3 is 2.10 bits per heavy atom. The van der Waals surface area contributed by atoms with Gasteiger partial charge in [0.1, 0.15) is 6.10 Å². The largest absolute Gasteiger partial charge is 0.394 e. The van der Waals surface area contributed by atoms with Crippen LogP contribution in [0.3, 0.4) is 0 Å². The normalized spacial score (nSPS) is 32.0. The molecule has 0 bridgehead atoms. The average molecular weight is 293 g/mol. The number of aliphatic hydroxyl groups is 2. The van der Waals surface area contributed by atoms with Crippen LogP contribution >= 0.6 is 0 Å². The van der Waals surface area contributed by atoms with Crippen LogP contribution in [0.5, 0.6) is 0 Å². The number of benzene rings is 1. The summed E-state index contributed by atoms with van der Waals surface area (Å²) >= 11 is 0. The summed E-state index contributed by atoms with van der Waals surface area (Å²) in [6, 6.07) is 10.0. The lowest BCUT2D eigenvalue weighted by molar-refractivity contribution is -0.322. The highest BCUT2D eigenvalue weighted by molar-refractivity contribution is 5.17. The zero-order chi connectivity index (χ0) is 15.5. The molecule has 1 aromatic carbocycles. The highest BCUT2D eigenvalue weighted by Gasteiger charge is 2.48. The highest BCUT2D eigenvalue weighted by Crippen LogP contribution is 2.40. The summed E-state index contributed by atoms with van der Waals surface area (Å²) in [5.41, 5.74) is 0.168. The molecule has 4 nitrogen and oxygen atoms in total. The van der Waals surface area contributed by atoms with Crippen molar-refractivity contribution in [3.8, 4) is 0 Å². The summed E-state index contributed by atoms with van der Waals surface area (Å²) < 4.78 is 0. The van der Waals surface area contributed by atoms with Gasteiger partial charge in [-0.2, -0.15) is 5.06 Å². The lowest BCUT2D eigenvalue weighted by atomic mass is 9.80. The van der Waals surface area contributed by atoms with Gasteiger partial charge in [-0.3, -0.25) is 4.84 Å². The van der Waals surface area contributed by atoms with E-state index in [1.54, 1.807) is 0 Å². The Morgan fingerprint density at radius 2 is 1.62 bits per heavy atom. The molecule has 3 atom stereocenters. The molecule has 1 heterocycles. The number of hydroxylamine groups is 2. The van der Waals surface area contributed by atoms with Crippen LogP contribution in [-0.4, -0.2) is 39.6 Å². The second kappa shape index (κ2) is 6.44. The predicted octanol–water partition coefficient (Wildman–Crippen LogP) is 2.67. The van der Waals surface area contributed by atoms with E-state index in [1.807, 2.05) is 56.2 Å². The van der Waals surface area contributed by atoms with Gasteiger partial charge < -0.3 is 10.2 Å². The summed E-state index contributed by atoms with van der Waals surface area (Å²) in [5, 5.41) is 21.5. The van der Waals surface area contributed by atoms with Crippen molar-refractivity contribution in [2.45, 2.75) is 57.2 Å². The zero-order valence-electron chi connectivity index (χ0n) is 13.2. The van der Waals surface area contributed by atoms with Crippen molar-refractivity contribution in [1.29, 1.82) is 0 Å². The van der Waals surface area contributed by atoms with Gasteiger partial charge in [0, 0.05) is 0 Å². The zero-order valence-corrected chi connectivity index (χ0v) is 13.2. The highest BCUT2D eigenvalue weighted by atomic mass is 16.7. The Bertz CT molecular complexity index is 435. The fourth-order valence-electron chi connectivity index (χ4n) is 3.19. The van der Waals surface area contributed by atoms with Gasteiger partial charge in [-0.1, -0.05) is 30.3 Å². The van der Waals surface area contributed by atoms with E-state index in [4.69, 9.17) is 4.84 Å². The Hall–Kier alpha value is -0.940. The number of rotatable bonds is 5. The van der Waals surface area contributed by atoms with Crippen LogP contribution in [0.4, 0.5) is 0 Å². The van der Waals surface area contributed by atoms with Gasteiger partial charge in [-0.15, -0.1) is 0 Å². The van der Waals surface area contributed by atoms with Gasteiger partial charge in [0.2, 0.25) is 0 Å². The van der Waals surface area contributed by atoms with E-state index in [2.05, 4.69) is 0 Å². The van der Waals surface area contributed by atoms with Gasteiger partial charge in [-0.05, 0) is 45.6 Å². The van der Waals surface area contributed by atoms with E-state index in [9.17, 15) is 10.2 Å². The molecular formula is C17H27NO3. The second-order valence-corrected chi connectivity index (χ2v) is 6.62. The first kappa shape index (κ1) is 16.4. The summed E-state index contributed by atoms with van der Waals surface area (Å²) in [5.74, 6) is 0. The summed E-state index contributed by atoms with van der Waals surface area (Å²) in [6.07, 6.45) is 2.58. The molecule has 118 valence electrons. The smallest absolute Gasteiger partial charge is 0.102 e. The van der Waals surface area contributed by atoms with Gasteiger partial charge in [-0.25, -0.2) is 0 Å². The van der Waals surface area contributed by atoms with Crippen LogP contribution in [0.25, 0.3) is 0 Å². The molecule has 21 heavy (non-hydrogen) atoms. The average Bonchev–Trinajstić information content (AvgIpc) is 2.52. The predicted molar refractivity (Wildman–Crippen MR) is 82.6 cm³/mol. The third-order valence-corrected chi connectivity index (χ3v) is 4.63. The Morgan fingerprint density at radius 1 is 1.10 bits per heavy atom. The molecule has 1 aromatic rings. The van der Waals surface area contributed by atoms with E-state index in [0.717, 1.165) is 24.8 Å². The standard InChI is InChI=1S/C17H27NO3/c1-14(15-8-5-4-6-9-15)21-18-16(2,12-19)10-7-11-17(18,3)13-20/h4-6,8-9,14,19-20H,7,10-13H2,1-3H3. The molecule has 2 rings (SSSR count). The summed E-state index contributed by atoms with van der Waals surface area (Å²) in [6.45, 7) is 6.03. The van der Waals surface area contributed by atoms with Crippen LogP contribution in [0.15, 0.2) is 30.3 Å². The van der Waals surface area contributed by atoms with E-state index < -0.39 is 11.1 Å². The number of nitrogens with zero attached hydrogens (tertiary/aromatic N) is 1. The van der Waals surface area contributed by atoms with Crippen LogP contribution < -0.4 is 0 Å². The third kappa shape index (κ3) is 3.29. The molecule has 0 spiro atoms. The molecule has 1 aliphatic rings. The monoisotopic (exact) mass is 293 g/mol. The van der Waals surface area contributed by atoms with Crippen molar-refractivity contribution >= 4 is 0 Å². The van der Waals surface area contributed by atoms with E-state index in [1.165, 1.54) is 0 Å². The van der Waals surface area contributed by atoms with E-state index in [-0.39, 0.29) is 19.3 Å². The minimum absolute atomic E-state index is 0.0180. The fourth-order valence-corrected chi connectivity index (χ4v) is 3.19. The first-order chi connectivity index (χ1) is 9.95.